The molecule has 2 bridgehead atoms. The molecule has 0 amide bonds. The largest absolute Gasteiger partial charge is 0.306 e. The lowest BCUT2D eigenvalue weighted by Gasteiger charge is -2.44. The van der Waals surface area contributed by atoms with E-state index in [1.807, 2.05) is 6.07 Å². The molecular weight excluding hydrogens is 249 g/mol. The van der Waals surface area contributed by atoms with E-state index in [4.69, 9.17) is 0 Å². The highest BCUT2D eigenvalue weighted by molar-refractivity contribution is 5.21. The summed E-state index contributed by atoms with van der Waals surface area (Å²) in [6.07, 6.45) is 4.04. The number of fused-ring (bicyclic) bond motifs is 2. The number of nitrogens with one attached hydrogen (secondary N) is 1. The SMILES string of the molecule is C[C@@H](NC1C(C)(C)[C@H]2CC[C@]1(C)C2)c1cccc(F)c1. The second kappa shape index (κ2) is 4.56. The van der Waals surface area contributed by atoms with Crippen LogP contribution in [0.1, 0.15) is 58.6 Å². The summed E-state index contributed by atoms with van der Waals surface area (Å²) < 4.78 is 13.4. The standard InChI is InChI=1S/C18H26FN/c1-12(13-6-5-7-15(19)10-13)20-16-17(2,3)14-8-9-18(16,4)11-14/h5-7,10,12,14,16,20H,8-9,11H2,1-4H3/t12-,14+,16?,18-/m1/s1. The highest BCUT2D eigenvalue weighted by Crippen LogP contribution is 2.62. The van der Waals surface area contributed by atoms with Crippen molar-refractivity contribution in [1.82, 2.24) is 5.32 Å². The van der Waals surface area contributed by atoms with Gasteiger partial charge in [0.15, 0.2) is 0 Å². The first-order valence-electron chi connectivity index (χ1n) is 7.84. The molecule has 2 aliphatic carbocycles. The lowest BCUT2D eigenvalue weighted by atomic mass is 9.68. The Morgan fingerprint density at radius 1 is 1.30 bits per heavy atom. The van der Waals surface area contributed by atoms with Crippen molar-refractivity contribution in [1.29, 1.82) is 0 Å². The number of hydrogen-bond acceptors (Lipinski definition) is 1. The van der Waals surface area contributed by atoms with Gasteiger partial charge in [-0.1, -0.05) is 32.9 Å². The molecule has 0 spiro atoms. The fourth-order valence-corrected chi connectivity index (χ4v) is 4.84. The number of halogens is 1. The Morgan fingerprint density at radius 2 is 2.05 bits per heavy atom. The summed E-state index contributed by atoms with van der Waals surface area (Å²) in [5.41, 5.74) is 1.80. The molecule has 0 aliphatic heterocycles. The van der Waals surface area contributed by atoms with Gasteiger partial charge in [-0.2, -0.15) is 0 Å². The van der Waals surface area contributed by atoms with E-state index < -0.39 is 0 Å². The average Bonchev–Trinajstić information content (AvgIpc) is 2.85. The third-order valence-electron chi connectivity index (χ3n) is 6.04. The van der Waals surface area contributed by atoms with Crippen LogP contribution in [0.5, 0.6) is 0 Å². The molecule has 1 aromatic rings. The van der Waals surface area contributed by atoms with Gasteiger partial charge in [-0.15, -0.1) is 0 Å². The summed E-state index contributed by atoms with van der Waals surface area (Å²) in [5.74, 6) is 0.694. The molecule has 4 atom stereocenters. The fraction of sp³-hybridized carbons (Fsp3) is 0.667. The van der Waals surface area contributed by atoms with E-state index in [0.29, 0.717) is 16.9 Å². The van der Waals surface area contributed by atoms with Crippen LogP contribution in [0.2, 0.25) is 0 Å². The minimum absolute atomic E-state index is 0.144. The number of hydrogen-bond donors (Lipinski definition) is 1. The van der Waals surface area contributed by atoms with Gasteiger partial charge in [-0.25, -0.2) is 4.39 Å². The summed E-state index contributed by atoms with van der Waals surface area (Å²) >= 11 is 0. The monoisotopic (exact) mass is 275 g/mol. The van der Waals surface area contributed by atoms with E-state index in [9.17, 15) is 4.39 Å². The second-order valence-electron chi connectivity index (χ2n) is 7.79. The maximum Gasteiger partial charge on any atom is 0.123 e. The molecule has 2 fully saturated rings. The molecule has 0 heterocycles. The van der Waals surface area contributed by atoms with Crippen LogP contribution in [0.15, 0.2) is 24.3 Å². The lowest BCUT2D eigenvalue weighted by molar-refractivity contribution is 0.100. The van der Waals surface area contributed by atoms with Gasteiger partial charge in [0.1, 0.15) is 5.82 Å². The molecule has 0 radical (unpaired) electrons. The van der Waals surface area contributed by atoms with E-state index in [2.05, 4.69) is 33.0 Å². The van der Waals surface area contributed by atoms with Crippen LogP contribution in [0, 0.1) is 22.6 Å². The van der Waals surface area contributed by atoms with Crippen molar-refractivity contribution in [3.05, 3.63) is 35.6 Å². The van der Waals surface area contributed by atoms with E-state index in [-0.39, 0.29) is 11.9 Å². The van der Waals surface area contributed by atoms with Gasteiger partial charge in [0.05, 0.1) is 0 Å². The molecule has 0 saturated heterocycles. The Hall–Kier alpha value is -0.890. The Kier molecular flexibility index (Phi) is 3.20. The smallest absolute Gasteiger partial charge is 0.123 e. The molecule has 20 heavy (non-hydrogen) atoms. The fourth-order valence-electron chi connectivity index (χ4n) is 4.84. The zero-order valence-electron chi connectivity index (χ0n) is 13.0. The Balaban J connectivity index is 1.80. The summed E-state index contributed by atoms with van der Waals surface area (Å²) in [6.45, 7) is 9.38. The molecule has 2 saturated carbocycles. The number of benzene rings is 1. The average molecular weight is 275 g/mol. The predicted molar refractivity (Wildman–Crippen MR) is 81.0 cm³/mol. The van der Waals surface area contributed by atoms with E-state index in [1.54, 1.807) is 12.1 Å². The third kappa shape index (κ3) is 2.09. The van der Waals surface area contributed by atoms with Crippen LogP contribution < -0.4 is 5.32 Å². The van der Waals surface area contributed by atoms with Gasteiger partial charge >= 0.3 is 0 Å². The highest BCUT2D eigenvalue weighted by Gasteiger charge is 2.59. The van der Waals surface area contributed by atoms with Gasteiger partial charge in [0.25, 0.3) is 0 Å². The van der Waals surface area contributed by atoms with Gasteiger partial charge in [-0.05, 0) is 60.6 Å². The predicted octanol–water partition coefficient (Wildman–Crippen LogP) is 4.69. The second-order valence-corrected chi connectivity index (χ2v) is 7.79. The van der Waals surface area contributed by atoms with Crippen molar-refractivity contribution in [2.45, 2.75) is 59.0 Å². The van der Waals surface area contributed by atoms with Crippen LogP contribution in [0.3, 0.4) is 0 Å². The summed E-state index contributed by atoms with van der Waals surface area (Å²) in [7, 11) is 0. The van der Waals surface area contributed by atoms with Crippen molar-refractivity contribution in [3.8, 4) is 0 Å². The van der Waals surface area contributed by atoms with Gasteiger partial charge in [0, 0.05) is 12.1 Å². The quantitative estimate of drug-likeness (QED) is 0.843. The minimum atomic E-state index is -0.144. The summed E-state index contributed by atoms with van der Waals surface area (Å²) in [6, 6.07) is 7.71. The zero-order valence-corrected chi connectivity index (χ0v) is 13.0. The Labute approximate surface area is 122 Å². The van der Waals surface area contributed by atoms with E-state index in [0.717, 1.165) is 11.5 Å². The maximum absolute atomic E-state index is 13.4. The third-order valence-corrected chi connectivity index (χ3v) is 6.04. The highest BCUT2D eigenvalue weighted by atomic mass is 19.1. The van der Waals surface area contributed by atoms with E-state index >= 15 is 0 Å². The van der Waals surface area contributed by atoms with Crippen molar-refractivity contribution >= 4 is 0 Å². The molecule has 2 aliphatic rings. The van der Waals surface area contributed by atoms with Crippen LogP contribution >= 0.6 is 0 Å². The molecular formula is C18H26FN. The van der Waals surface area contributed by atoms with Gasteiger partial charge < -0.3 is 5.32 Å². The van der Waals surface area contributed by atoms with Crippen LogP contribution in [0.25, 0.3) is 0 Å². The molecule has 3 rings (SSSR count). The molecule has 110 valence electrons. The minimum Gasteiger partial charge on any atom is -0.306 e. The first kappa shape index (κ1) is 14.1. The van der Waals surface area contributed by atoms with Crippen LogP contribution in [0.4, 0.5) is 4.39 Å². The molecule has 1 unspecified atom stereocenters. The molecule has 1 N–H and O–H groups in total. The Bertz CT molecular complexity index is 505. The van der Waals surface area contributed by atoms with Crippen LogP contribution in [-0.4, -0.2) is 6.04 Å². The first-order chi connectivity index (χ1) is 9.33. The van der Waals surface area contributed by atoms with E-state index in [1.165, 1.54) is 25.3 Å². The van der Waals surface area contributed by atoms with Crippen molar-refractivity contribution in [2.24, 2.45) is 16.7 Å². The summed E-state index contributed by atoms with van der Waals surface area (Å²) in [5, 5.41) is 3.82. The van der Waals surface area contributed by atoms with Crippen molar-refractivity contribution < 1.29 is 4.39 Å². The zero-order chi connectivity index (χ0) is 14.5. The van der Waals surface area contributed by atoms with Crippen LogP contribution in [-0.2, 0) is 0 Å². The normalized spacial score (nSPS) is 36.2. The molecule has 1 nitrogen and oxygen atoms in total. The van der Waals surface area contributed by atoms with Gasteiger partial charge in [0.2, 0.25) is 0 Å². The number of rotatable bonds is 3. The lowest BCUT2D eigenvalue weighted by Crippen LogP contribution is -2.50. The first-order valence-corrected chi connectivity index (χ1v) is 7.84. The van der Waals surface area contributed by atoms with Crippen molar-refractivity contribution in [3.63, 3.8) is 0 Å². The topological polar surface area (TPSA) is 12.0 Å². The summed E-state index contributed by atoms with van der Waals surface area (Å²) in [4.78, 5) is 0. The molecule has 0 aromatic heterocycles. The maximum atomic E-state index is 13.4. The molecule has 1 aromatic carbocycles. The Morgan fingerprint density at radius 3 is 2.65 bits per heavy atom. The molecule has 2 heteroatoms. The van der Waals surface area contributed by atoms with Gasteiger partial charge in [-0.3, -0.25) is 0 Å². The van der Waals surface area contributed by atoms with Crippen molar-refractivity contribution in [2.75, 3.05) is 0 Å².